The molecule has 0 fully saturated rings. The maximum absolute atomic E-state index is 5.32. The summed E-state index contributed by atoms with van der Waals surface area (Å²) in [7, 11) is -1.98. The van der Waals surface area contributed by atoms with Crippen molar-refractivity contribution in [2.24, 2.45) is 0 Å². The number of aromatic nitrogens is 5. The first-order chi connectivity index (χ1) is 41.2. The Hall–Kier alpha value is -10.4. The normalized spacial score (nSPS) is 11.7. The van der Waals surface area contributed by atoms with Crippen LogP contribution in [0.3, 0.4) is 0 Å². The quantitative estimate of drug-likeness (QED) is 0.130. The van der Waals surface area contributed by atoms with Gasteiger partial charge in [0.25, 0.3) is 0 Å². The molecule has 396 valence electrons. The van der Waals surface area contributed by atoms with Crippen LogP contribution in [-0.4, -0.2) is 24.1 Å². The zero-order valence-electron chi connectivity index (χ0n) is 46.1. The number of nitrogens with zero attached hydrogens (tertiary/aromatic N) is 5. The van der Waals surface area contributed by atoms with Gasteiger partial charge in [-0.05, 0) is 114 Å². The van der Waals surface area contributed by atoms with E-state index in [9.17, 15) is 0 Å². The molecule has 0 unspecified atom stereocenters. The van der Waals surface area contributed by atoms with Gasteiger partial charge in [0.1, 0.15) is 0 Å². The van der Waals surface area contributed by atoms with Gasteiger partial charge in [0.2, 0.25) is 0 Å². The average Bonchev–Trinajstić information content (AvgIpc) is 4.16. The van der Waals surface area contributed by atoms with Crippen LogP contribution in [0.15, 0.2) is 329 Å². The van der Waals surface area contributed by atoms with Gasteiger partial charge in [-0.2, -0.15) is 0 Å². The highest BCUT2D eigenvalue weighted by Gasteiger charge is 2.34. The highest BCUT2D eigenvalue weighted by molar-refractivity contribution is 8.34. The highest BCUT2D eigenvalue weighted by atomic mass is 32.3. The van der Waals surface area contributed by atoms with Gasteiger partial charge in [0.05, 0.1) is 33.4 Å². The van der Waals surface area contributed by atoms with Crippen molar-refractivity contribution < 1.29 is 0 Å². The van der Waals surface area contributed by atoms with Crippen molar-refractivity contribution in [2.45, 2.75) is 33.4 Å². The summed E-state index contributed by atoms with van der Waals surface area (Å²) in [6, 6.07) is 112. The predicted molar refractivity (Wildman–Crippen MR) is 347 cm³/mol. The molecule has 0 N–H and O–H groups in total. The third kappa shape index (κ3) is 8.88. The Labute approximate surface area is 485 Å². The highest BCUT2D eigenvalue weighted by Crippen LogP contribution is 2.73. The first-order valence-electron chi connectivity index (χ1n) is 28.4. The minimum atomic E-state index is -1.98. The van der Waals surface area contributed by atoms with E-state index < -0.39 is 10.0 Å². The van der Waals surface area contributed by atoms with Crippen LogP contribution < -0.4 is 0 Å². The van der Waals surface area contributed by atoms with E-state index >= 15 is 0 Å². The minimum absolute atomic E-state index is 0.585. The topological polar surface area (TPSA) is 48.5 Å². The smallest absolute Gasteiger partial charge is 0.164 e. The SMILES string of the molecule is CC.c1ccc(-c2nc(-c3ccccc3)nc(-c3ccc(-n4c5ccccc5c5ccccc54)c(-c4cc(-c5cccc(S(c6ccccc6)(c6ccccc6)c6ccccc6)c5)ccc4-n4c5ccccc5c5ccccc54)c3)n2)cc1. The van der Waals surface area contributed by atoms with E-state index in [1.807, 2.05) is 50.2 Å². The first-order valence-corrected chi connectivity index (χ1v) is 30.0. The lowest BCUT2D eigenvalue weighted by molar-refractivity contribution is 1.07. The summed E-state index contributed by atoms with van der Waals surface area (Å²) < 4.78 is 4.91. The molecule has 15 rings (SSSR count). The van der Waals surface area contributed by atoms with Crippen LogP contribution in [0.5, 0.6) is 0 Å². The maximum Gasteiger partial charge on any atom is 0.164 e. The van der Waals surface area contributed by atoms with E-state index in [4.69, 9.17) is 15.0 Å². The standard InChI is InChI=1S/C75H51N5S.C2H6/c1-6-25-52(26-7-1)73-76-74(53-27-8-2-9-28-53)78-75(77-73)56-46-48-72(80-69-43-22-18-39-63(69)64-40-19-23-44-70(64)80)66(51-56)65-50-55(45-47-71(65)79-67-41-20-16-37-61(67)62-38-17-21-42-68(62)79)54-29-24-36-60(49-54)81(57-30-10-3-11-31-57,58-32-12-4-13-33-58)59-34-14-5-15-35-59;1-2/h1-51H;1-2H3. The fourth-order valence-electron chi connectivity index (χ4n) is 12.1. The molecule has 0 atom stereocenters. The molecule has 0 spiro atoms. The average molecular weight is 1080 g/mol. The van der Waals surface area contributed by atoms with Gasteiger partial charge >= 0.3 is 0 Å². The molecule has 5 nitrogen and oxygen atoms in total. The van der Waals surface area contributed by atoms with Crippen LogP contribution in [0.1, 0.15) is 13.8 Å². The number of hydrogen-bond acceptors (Lipinski definition) is 3. The van der Waals surface area contributed by atoms with Gasteiger partial charge < -0.3 is 9.13 Å². The molecule has 0 saturated heterocycles. The molecule has 0 radical (unpaired) electrons. The zero-order valence-corrected chi connectivity index (χ0v) is 46.9. The van der Waals surface area contributed by atoms with E-state index in [1.54, 1.807) is 0 Å². The number of para-hydroxylation sites is 4. The Balaban J connectivity index is 0.00000304. The van der Waals surface area contributed by atoms with Crippen molar-refractivity contribution >= 4 is 53.6 Å². The first kappa shape index (κ1) is 50.8. The van der Waals surface area contributed by atoms with Crippen LogP contribution in [-0.2, 0) is 0 Å². The fourth-order valence-corrected chi connectivity index (χ4v) is 16.0. The van der Waals surface area contributed by atoms with Crippen LogP contribution in [0.2, 0.25) is 0 Å². The molecular formula is C77H57N5S. The van der Waals surface area contributed by atoms with Crippen LogP contribution in [0.25, 0.3) is 111 Å². The van der Waals surface area contributed by atoms with E-state index in [0.717, 1.165) is 72.4 Å². The second kappa shape index (κ2) is 21.9. The van der Waals surface area contributed by atoms with Gasteiger partial charge in [-0.25, -0.2) is 15.0 Å². The summed E-state index contributed by atoms with van der Waals surface area (Å²) in [5, 5.41) is 4.77. The largest absolute Gasteiger partial charge is 0.309 e. The van der Waals surface area contributed by atoms with Crippen LogP contribution >= 0.6 is 10.0 Å². The summed E-state index contributed by atoms with van der Waals surface area (Å²) in [4.78, 5) is 20.8. The molecular weight excluding hydrogens is 1030 g/mol. The Morgan fingerprint density at radius 1 is 0.241 bits per heavy atom. The maximum atomic E-state index is 5.32. The van der Waals surface area contributed by atoms with Crippen LogP contribution in [0.4, 0.5) is 0 Å². The molecule has 0 amide bonds. The molecule has 0 aliphatic heterocycles. The van der Waals surface area contributed by atoms with Gasteiger partial charge in [0.15, 0.2) is 17.5 Å². The van der Waals surface area contributed by atoms with Crippen molar-refractivity contribution in [3.63, 3.8) is 0 Å². The molecule has 12 aromatic carbocycles. The van der Waals surface area contributed by atoms with Crippen molar-refractivity contribution in [2.75, 3.05) is 0 Å². The van der Waals surface area contributed by atoms with E-state index in [0.29, 0.717) is 17.5 Å². The molecule has 6 heteroatoms. The number of fused-ring (bicyclic) bond motifs is 6. The fraction of sp³-hybridized carbons (Fsp3) is 0.0260. The lowest BCUT2D eigenvalue weighted by atomic mass is 9.94. The Morgan fingerprint density at radius 3 is 0.928 bits per heavy atom. The Bertz CT molecular complexity index is 4540. The number of rotatable bonds is 11. The summed E-state index contributed by atoms with van der Waals surface area (Å²) in [6.07, 6.45) is 0. The summed E-state index contributed by atoms with van der Waals surface area (Å²) in [5.41, 5.74) is 13.6. The second-order valence-electron chi connectivity index (χ2n) is 20.3. The van der Waals surface area contributed by atoms with Gasteiger partial charge in [-0.15, -0.1) is 10.0 Å². The van der Waals surface area contributed by atoms with Crippen molar-refractivity contribution in [3.8, 4) is 67.8 Å². The molecule has 0 aliphatic rings. The van der Waals surface area contributed by atoms with E-state index in [2.05, 4.69) is 282 Å². The molecule has 0 aliphatic carbocycles. The second-order valence-corrected chi connectivity index (χ2v) is 23.4. The van der Waals surface area contributed by atoms with Gasteiger partial charge in [-0.3, -0.25) is 0 Å². The zero-order chi connectivity index (χ0) is 55.7. The molecule has 3 aromatic heterocycles. The summed E-state index contributed by atoms with van der Waals surface area (Å²) in [5.74, 6) is 1.81. The lowest BCUT2D eigenvalue weighted by Crippen LogP contribution is -2.05. The van der Waals surface area contributed by atoms with Crippen molar-refractivity contribution in [3.05, 3.63) is 309 Å². The predicted octanol–water partition coefficient (Wildman–Crippen LogP) is 20.8. The summed E-state index contributed by atoms with van der Waals surface area (Å²) in [6.45, 7) is 4.00. The molecule has 0 bridgehead atoms. The van der Waals surface area contributed by atoms with E-state index in [1.165, 1.54) is 41.1 Å². The van der Waals surface area contributed by atoms with E-state index in [-0.39, 0.29) is 0 Å². The third-order valence-electron chi connectivity index (χ3n) is 15.7. The number of hydrogen-bond donors (Lipinski definition) is 0. The summed E-state index contributed by atoms with van der Waals surface area (Å²) >= 11 is 0. The lowest BCUT2D eigenvalue weighted by Gasteiger charge is -2.42. The molecule has 3 heterocycles. The van der Waals surface area contributed by atoms with Gasteiger partial charge in [-0.1, -0.05) is 220 Å². The molecule has 83 heavy (non-hydrogen) atoms. The monoisotopic (exact) mass is 1080 g/mol. The molecule has 15 aromatic rings. The Kier molecular flexibility index (Phi) is 13.4. The third-order valence-corrected chi connectivity index (χ3v) is 19.6. The van der Waals surface area contributed by atoms with Crippen molar-refractivity contribution in [1.29, 1.82) is 0 Å². The van der Waals surface area contributed by atoms with Gasteiger partial charge in [0, 0.05) is 68.9 Å². The molecule has 0 saturated carbocycles. The minimum Gasteiger partial charge on any atom is -0.309 e. The number of benzene rings is 12. The Morgan fingerprint density at radius 2 is 0.530 bits per heavy atom. The van der Waals surface area contributed by atoms with Crippen molar-refractivity contribution in [1.82, 2.24) is 24.1 Å². The van der Waals surface area contributed by atoms with Crippen LogP contribution in [0, 0.1) is 0 Å².